The summed E-state index contributed by atoms with van der Waals surface area (Å²) in [7, 11) is 2.88. The normalized spacial score (nSPS) is 9.90. The summed E-state index contributed by atoms with van der Waals surface area (Å²) in [5, 5.41) is 3.07. The first-order valence-electron chi connectivity index (χ1n) is 5.89. The van der Waals surface area contributed by atoms with Crippen LogP contribution in [-0.2, 0) is 4.74 Å². The van der Waals surface area contributed by atoms with Gasteiger partial charge in [0, 0.05) is 0 Å². The van der Waals surface area contributed by atoms with Gasteiger partial charge in [-0.25, -0.2) is 9.78 Å². The maximum Gasteiger partial charge on any atom is 0.340 e. The Kier molecular flexibility index (Phi) is 4.05. The molecule has 6 heteroatoms. The van der Waals surface area contributed by atoms with Crippen LogP contribution in [0.5, 0.6) is 5.75 Å². The average Bonchev–Trinajstić information content (AvgIpc) is 2.49. The molecule has 2 aromatic rings. The molecule has 1 aromatic heterocycles. The lowest BCUT2D eigenvalue weighted by molar-refractivity contribution is 0.0602. The van der Waals surface area contributed by atoms with Gasteiger partial charge >= 0.3 is 5.97 Å². The molecule has 0 aliphatic carbocycles. The van der Waals surface area contributed by atoms with Gasteiger partial charge < -0.3 is 20.5 Å². The Morgan fingerprint density at radius 1 is 1.30 bits per heavy atom. The minimum absolute atomic E-state index is 0.264. The fourth-order valence-corrected chi connectivity index (χ4v) is 1.71. The SMILES string of the molecule is COC(=O)c1cc(Nc2ccccc2OC)ncc1N. The third-order valence-corrected chi connectivity index (χ3v) is 2.71. The molecular formula is C14H15N3O3. The number of nitrogens with two attached hydrogens (primary N) is 1. The highest BCUT2D eigenvalue weighted by Crippen LogP contribution is 2.27. The van der Waals surface area contributed by atoms with Gasteiger partial charge in [0.05, 0.1) is 37.4 Å². The largest absolute Gasteiger partial charge is 0.495 e. The number of methoxy groups -OCH3 is 2. The first kappa shape index (κ1) is 13.7. The molecule has 0 saturated heterocycles. The summed E-state index contributed by atoms with van der Waals surface area (Å²) in [4.78, 5) is 15.7. The lowest BCUT2D eigenvalue weighted by Gasteiger charge is -2.11. The van der Waals surface area contributed by atoms with Crippen LogP contribution in [0.4, 0.5) is 17.2 Å². The second-order valence-corrected chi connectivity index (χ2v) is 3.97. The number of hydrogen-bond donors (Lipinski definition) is 2. The van der Waals surface area contributed by atoms with Crippen LogP contribution < -0.4 is 15.8 Å². The van der Waals surface area contributed by atoms with E-state index in [2.05, 4.69) is 15.0 Å². The Labute approximate surface area is 116 Å². The number of anilines is 3. The monoisotopic (exact) mass is 273 g/mol. The van der Waals surface area contributed by atoms with E-state index in [1.54, 1.807) is 7.11 Å². The summed E-state index contributed by atoms with van der Waals surface area (Å²) in [5.74, 6) is 0.641. The lowest BCUT2D eigenvalue weighted by Crippen LogP contribution is -2.07. The highest BCUT2D eigenvalue weighted by atomic mass is 16.5. The van der Waals surface area contributed by atoms with Crippen LogP contribution in [0.15, 0.2) is 36.5 Å². The van der Waals surface area contributed by atoms with Crippen molar-refractivity contribution in [2.75, 3.05) is 25.3 Å². The van der Waals surface area contributed by atoms with E-state index in [1.165, 1.54) is 19.4 Å². The van der Waals surface area contributed by atoms with Gasteiger partial charge in [-0.3, -0.25) is 0 Å². The van der Waals surface area contributed by atoms with Gasteiger partial charge in [-0.1, -0.05) is 12.1 Å². The van der Waals surface area contributed by atoms with Gasteiger partial charge in [0.2, 0.25) is 0 Å². The fourth-order valence-electron chi connectivity index (χ4n) is 1.71. The zero-order valence-electron chi connectivity index (χ0n) is 11.2. The van der Waals surface area contributed by atoms with Crippen LogP contribution in [-0.4, -0.2) is 25.2 Å². The highest BCUT2D eigenvalue weighted by molar-refractivity contribution is 5.95. The zero-order valence-corrected chi connectivity index (χ0v) is 11.2. The smallest absolute Gasteiger partial charge is 0.340 e. The molecule has 20 heavy (non-hydrogen) atoms. The summed E-state index contributed by atoms with van der Waals surface area (Å²) >= 11 is 0. The number of nitrogens with zero attached hydrogens (tertiary/aromatic N) is 1. The lowest BCUT2D eigenvalue weighted by atomic mass is 10.2. The zero-order chi connectivity index (χ0) is 14.5. The first-order valence-corrected chi connectivity index (χ1v) is 5.89. The molecule has 0 spiro atoms. The van der Waals surface area contributed by atoms with E-state index in [0.717, 1.165) is 5.69 Å². The van der Waals surface area contributed by atoms with Crippen LogP contribution >= 0.6 is 0 Å². The van der Waals surface area contributed by atoms with Gasteiger partial charge in [0.1, 0.15) is 11.6 Å². The van der Waals surface area contributed by atoms with Crippen molar-refractivity contribution in [3.05, 3.63) is 42.1 Å². The van der Waals surface area contributed by atoms with Gasteiger partial charge in [0.25, 0.3) is 0 Å². The van der Waals surface area contributed by atoms with Crippen LogP contribution in [0.25, 0.3) is 0 Å². The van der Waals surface area contributed by atoms with Crippen LogP contribution in [0.1, 0.15) is 10.4 Å². The van der Waals surface area contributed by atoms with Crippen molar-refractivity contribution >= 4 is 23.2 Å². The number of rotatable bonds is 4. The Hall–Kier alpha value is -2.76. The van der Waals surface area contributed by atoms with E-state index in [1.807, 2.05) is 24.3 Å². The number of aromatic nitrogens is 1. The molecule has 1 heterocycles. The van der Waals surface area contributed by atoms with Gasteiger partial charge in [-0.2, -0.15) is 0 Å². The summed E-state index contributed by atoms with van der Waals surface area (Å²) < 4.78 is 9.90. The van der Waals surface area contributed by atoms with Crippen molar-refractivity contribution in [3.8, 4) is 5.75 Å². The highest BCUT2D eigenvalue weighted by Gasteiger charge is 2.12. The number of carbonyl (C=O) groups excluding carboxylic acids is 1. The van der Waals surface area contributed by atoms with Crippen LogP contribution in [0, 0.1) is 0 Å². The second-order valence-electron chi connectivity index (χ2n) is 3.97. The molecule has 0 amide bonds. The fraction of sp³-hybridized carbons (Fsp3) is 0.143. The quantitative estimate of drug-likeness (QED) is 0.830. The molecule has 0 aliphatic heterocycles. The van der Waals surface area contributed by atoms with E-state index in [-0.39, 0.29) is 11.3 Å². The topological polar surface area (TPSA) is 86.5 Å². The average molecular weight is 273 g/mol. The molecule has 1 aromatic carbocycles. The molecule has 0 unspecified atom stereocenters. The number of ether oxygens (including phenoxy) is 2. The predicted octanol–water partition coefficient (Wildman–Crippen LogP) is 2.20. The Morgan fingerprint density at radius 2 is 2.05 bits per heavy atom. The van der Waals surface area contributed by atoms with Crippen molar-refractivity contribution in [1.29, 1.82) is 0 Å². The maximum absolute atomic E-state index is 11.6. The number of esters is 1. The standard InChI is InChI=1S/C14H15N3O3/c1-19-12-6-4-3-5-11(12)17-13-7-9(14(18)20-2)10(15)8-16-13/h3-8H,15H2,1-2H3,(H,16,17). The third kappa shape index (κ3) is 2.80. The second kappa shape index (κ2) is 5.92. The van der Waals surface area contributed by atoms with Crippen LogP contribution in [0.3, 0.4) is 0 Å². The molecule has 0 radical (unpaired) electrons. The number of carbonyl (C=O) groups is 1. The maximum atomic E-state index is 11.6. The minimum atomic E-state index is -0.507. The Morgan fingerprint density at radius 3 is 2.75 bits per heavy atom. The van der Waals surface area contributed by atoms with Crippen molar-refractivity contribution in [2.45, 2.75) is 0 Å². The van der Waals surface area contributed by atoms with Crippen molar-refractivity contribution in [2.24, 2.45) is 0 Å². The van der Waals surface area contributed by atoms with Crippen LogP contribution in [0.2, 0.25) is 0 Å². The Bertz CT molecular complexity index is 629. The minimum Gasteiger partial charge on any atom is -0.495 e. The Balaban J connectivity index is 2.32. The molecule has 2 rings (SSSR count). The van der Waals surface area contributed by atoms with E-state index in [4.69, 9.17) is 10.5 Å². The number of benzene rings is 1. The summed E-state index contributed by atoms with van der Waals surface area (Å²) in [5.41, 5.74) is 6.97. The number of hydrogen-bond acceptors (Lipinski definition) is 6. The molecule has 0 fully saturated rings. The van der Waals surface area contributed by atoms with Gasteiger partial charge in [0.15, 0.2) is 0 Å². The molecular weight excluding hydrogens is 258 g/mol. The third-order valence-electron chi connectivity index (χ3n) is 2.71. The molecule has 0 aliphatic rings. The summed E-state index contributed by atoms with van der Waals surface area (Å²) in [6, 6.07) is 8.92. The molecule has 0 saturated carbocycles. The number of nitrogen functional groups attached to an aromatic ring is 1. The molecule has 0 atom stereocenters. The van der Waals surface area contributed by atoms with E-state index >= 15 is 0 Å². The van der Waals surface area contributed by atoms with Crippen molar-refractivity contribution in [3.63, 3.8) is 0 Å². The van der Waals surface area contributed by atoms with E-state index in [0.29, 0.717) is 11.6 Å². The molecule has 3 N–H and O–H groups in total. The summed E-state index contributed by atoms with van der Waals surface area (Å²) in [6.45, 7) is 0. The van der Waals surface area contributed by atoms with E-state index in [9.17, 15) is 4.79 Å². The van der Waals surface area contributed by atoms with E-state index < -0.39 is 5.97 Å². The molecule has 0 bridgehead atoms. The molecule has 6 nitrogen and oxygen atoms in total. The van der Waals surface area contributed by atoms with Gasteiger partial charge in [-0.05, 0) is 18.2 Å². The van der Waals surface area contributed by atoms with Gasteiger partial charge in [-0.15, -0.1) is 0 Å². The first-order chi connectivity index (χ1) is 9.65. The summed E-state index contributed by atoms with van der Waals surface area (Å²) in [6.07, 6.45) is 1.41. The predicted molar refractivity (Wildman–Crippen MR) is 76.3 cm³/mol. The van der Waals surface area contributed by atoms with Crippen molar-refractivity contribution in [1.82, 2.24) is 4.98 Å². The van der Waals surface area contributed by atoms with Crippen molar-refractivity contribution < 1.29 is 14.3 Å². The number of para-hydroxylation sites is 2. The number of pyridine rings is 1. The molecule has 104 valence electrons. The number of nitrogens with one attached hydrogen (secondary N) is 1.